The molecule has 2 rings (SSSR count). The van der Waals surface area contributed by atoms with E-state index >= 15 is 0 Å². The standard InChI is InChI=1S/C13H16F3N3O3/c1-7-5-10(22-18-7)12(21)19-6-9(17-8(2)20)3-4-11(19)13(14,15)16/h5,9,11H,3-4,6H2,1-2H3,(H,17,20)/t9-,11-/m1/s1. The van der Waals surface area contributed by atoms with E-state index in [4.69, 9.17) is 4.52 Å². The van der Waals surface area contributed by atoms with Crippen LogP contribution in [-0.4, -0.2) is 46.7 Å². The number of piperidine rings is 1. The number of alkyl halides is 3. The first kappa shape index (κ1) is 16.3. The van der Waals surface area contributed by atoms with Crippen molar-refractivity contribution in [1.82, 2.24) is 15.4 Å². The SMILES string of the molecule is CC(=O)N[C@@H]1CC[C@H](C(F)(F)F)N(C(=O)c2cc(C)no2)C1. The smallest absolute Gasteiger partial charge is 0.352 e. The minimum absolute atomic E-state index is 0.156. The van der Waals surface area contributed by atoms with Gasteiger partial charge in [0, 0.05) is 25.6 Å². The molecule has 1 N–H and O–H groups in total. The highest BCUT2D eigenvalue weighted by molar-refractivity contribution is 5.92. The van der Waals surface area contributed by atoms with Gasteiger partial charge in [0.2, 0.25) is 11.7 Å². The second-order valence-electron chi connectivity index (χ2n) is 5.32. The second kappa shape index (κ2) is 5.98. The molecule has 1 aromatic rings. The molecule has 1 fully saturated rings. The van der Waals surface area contributed by atoms with Crippen LogP contribution in [0.3, 0.4) is 0 Å². The quantitative estimate of drug-likeness (QED) is 0.899. The summed E-state index contributed by atoms with van der Waals surface area (Å²) in [5.41, 5.74) is 0.405. The van der Waals surface area contributed by atoms with Crippen LogP contribution >= 0.6 is 0 Å². The molecule has 2 atom stereocenters. The molecular formula is C13H16F3N3O3. The van der Waals surface area contributed by atoms with E-state index < -0.39 is 24.2 Å². The van der Waals surface area contributed by atoms with Gasteiger partial charge in [-0.15, -0.1) is 0 Å². The summed E-state index contributed by atoms with van der Waals surface area (Å²) in [4.78, 5) is 24.1. The monoisotopic (exact) mass is 319 g/mol. The van der Waals surface area contributed by atoms with Crippen molar-refractivity contribution in [1.29, 1.82) is 0 Å². The maximum Gasteiger partial charge on any atom is 0.408 e. The molecule has 6 nitrogen and oxygen atoms in total. The fourth-order valence-electron chi connectivity index (χ4n) is 2.55. The predicted molar refractivity (Wildman–Crippen MR) is 69.0 cm³/mol. The summed E-state index contributed by atoms with van der Waals surface area (Å²) in [7, 11) is 0. The van der Waals surface area contributed by atoms with Gasteiger partial charge in [-0.25, -0.2) is 0 Å². The number of halogens is 3. The molecule has 1 aromatic heterocycles. The lowest BCUT2D eigenvalue weighted by Crippen LogP contribution is -2.58. The van der Waals surface area contributed by atoms with Crippen LogP contribution in [0.15, 0.2) is 10.6 Å². The third kappa shape index (κ3) is 3.58. The van der Waals surface area contributed by atoms with Crippen LogP contribution in [-0.2, 0) is 4.79 Å². The van der Waals surface area contributed by atoms with E-state index in [2.05, 4.69) is 10.5 Å². The van der Waals surface area contributed by atoms with Crippen molar-refractivity contribution >= 4 is 11.8 Å². The number of aromatic nitrogens is 1. The molecule has 1 aliphatic heterocycles. The van der Waals surface area contributed by atoms with Crippen LogP contribution in [0.1, 0.15) is 36.0 Å². The lowest BCUT2D eigenvalue weighted by Gasteiger charge is -2.39. The zero-order valence-electron chi connectivity index (χ0n) is 12.1. The number of amides is 2. The molecule has 2 heterocycles. The maximum atomic E-state index is 13.1. The largest absolute Gasteiger partial charge is 0.408 e. The Morgan fingerprint density at radius 2 is 2.09 bits per heavy atom. The molecule has 0 spiro atoms. The number of hydrogen-bond donors (Lipinski definition) is 1. The zero-order valence-corrected chi connectivity index (χ0v) is 12.1. The average molecular weight is 319 g/mol. The maximum absolute atomic E-state index is 13.1. The highest BCUT2D eigenvalue weighted by Crippen LogP contribution is 2.33. The van der Waals surface area contributed by atoms with Gasteiger partial charge in [-0.3, -0.25) is 9.59 Å². The zero-order chi connectivity index (χ0) is 16.5. The Hall–Kier alpha value is -2.06. The van der Waals surface area contributed by atoms with Crippen LogP contribution in [0.4, 0.5) is 13.2 Å². The van der Waals surface area contributed by atoms with E-state index in [1.807, 2.05) is 0 Å². The molecule has 0 aromatic carbocycles. The van der Waals surface area contributed by atoms with Gasteiger partial charge >= 0.3 is 6.18 Å². The molecule has 122 valence electrons. The van der Waals surface area contributed by atoms with E-state index in [1.54, 1.807) is 6.92 Å². The predicted octanol–water partition coefficient (Wildman–Crippen LogP) is 1.65. The fraction of sp³-hybridized carbons (Fsp3) is 0.615. The van der Waals surface area contributed by atoms with Crippen molar-refractivity contribution in [3.05, 3.63) is 17.5 Å². The summed E-state index contributed by atoms with van der Waals surface area (Å²) in [6, 6.07) is -1.11. The molecule has 0 saturated carbocycles. The fourth-order valence-corrected chi connectivity index (χ4v) is 2.55. The number of aryl methyl sites for hydroxylation is 1. The van der Waals surface area contributed by atoms with Gasteiger partial charge in [-0.05, 0) is 19.8 Å². The lowest BCUT2D eigenvalue weighted by molar-refractivity contribution is -0.184. The van der Waals surface area contributed by atoms with E-state index in [9.17, 15) is 22.8 Å². The molecule has 0 aliphatic carbocycles. The average Bonchev–Trinajstić information content (AvgIpc) is 2.82. The first-order chi connectivity index (χ1) is 10.2. The molecular weight excluding hydrogens is 303 g/mol. The summed E-state index contributed by atoms with van der Waals surface area (Å²) in [6.07, 6.45) is -4.65. The molecule has 9 heteroatoms. The summed E-state index contributed by atoms with van der Waals surface area (Å²) < 4.78 is 44.2. The van der Waals surface area contributed by atoms with Gasteiger partial charge in [0.1, 0.15) is 6.04 Å². The van der Waals surface area contributed by atoms with Crippen molar-refractivity contribution in [2.75, 3.05) is 6.54 Å². The second-order valence-corrected chi connectivity index (χ2v) is 5.32. The van der Waals surface area contributed by atoms with Crippen LogP contribution in [0.5, 0.6) is 0 Å². The Bertz CT molecular complexity index is 570. The third-order valence-corrected chi connectivity index (χ3v) is 3.47. The van der Waals surface area contributed by atoms with Crippen molar-refractivity contribution < 1.29 is 27.3 Å². The van der Waals surface area contributed by atoms with E-state index in [1.165, 1.54) is 13.0 Å². The first-order valence-corrected chi connectivity index (χ1v) is 6.76. The third-order valence-electron chi connectivity index (χ3n) is 3.47. The molecule has 0 unspecified atom stereocenters. The van der Waals surface area contributed by atoms with Gasteiger partial charge in [-0.2, -0.15) is 13.2 Å². The number of nitrogens with one attached hydrogen (secondary N) is 1. The van der Waals surface area contributed by atoms with Crippen LogP contribution in [0, 0.1) is 6.92 Å². The van der Waals surface area contributed by atoms with Gasteiger partial charge in [0.25, 0.3) is 5.91 Å². The summed E-state index contributed by atoms with van der Waals surface area (Å²) in [6.45, 7) is 2.63. The molecule has 1 aliphatic rings. The number of carbonyl (C=O) groups excluding carboxylic acids is 2. The number of nitrogens with zero attached hydrogens (tertiary/aromatic N) is 2. The Kier molecular flexibility index (Phi) is 4.43. The van der Waals surface area contributed by atoms with Gasteiger partial charge in [0.05, 0.1) is 5.69 Å². The molecule has 22 heavy (non-hydrogen) atoms. The van der Waals surface area contributed by atoms with E-state index in [0.717, 1.165) is 0 Å². The summed E-state index contributed by atoms with van der Waals surface area (Å²) >= 11 is 0. The summed E-state index contributed by atoms with van der Waals surface area (Å²) in [5.74, 6) is -1.47. The number of hydrogen-bond acceptors (Lipinski definition) is 4. The molecule has 0 radical (unpaired) electrons. The number of carbonyl (C=O) groups is 2. The van der Waals surface area contributed by atoms with Crippen molar-refractivity contribution in [2.24, 2.45) is 0 Å². The molecule has 1 saturated heterocycles. The highest BCUT2D eigenvalue weighted by Gasteiger charge is 2.48. The highest BCUT2D eigenvalue weighted by atomic mass is 19.4. The van der Waals surface area contributed by atoms with Crippen LogP contribution < -0.4 is 5.32 Å². The molecule has 2 amide bonds. The van der Waals surface area contributed by atoms with Gasteiger partial charge in [-0.1, -0.05) is 5.16 Å². The van der Waals surface area contributed by atoms with Gasteiger partial charge < -0.3 is 14.7 Å². The first-order valence-electron chi connectivity index (χ1n) is 6.76. The van der Waals surface area contributed by atoms with E-state index in [0.29, 0.717) is 10.6 Å². The summed E-state index contributed by atoms with van der Waals surface area (Å²) in [5, 5.41) is 6.06. The Morgan fingerprint density at radius 3 is 2.59 bits per heavy atom. The van der Waals surface area contributed by atoms with Gasteiger partial charge in [0.15, 0.2) is 0 Å². The molecule has 0 bridgehead atoms. The Labute approximate surface area is 124 Å². The normalized spacial score (nSPS) is 22.5. The number of likely N-dealkylation sites (tertiary alicyclic amines) is 1. The number of rotatable bonds is 2. The Morgan fingerprint density at radius 1 is 1.41 bits per heavy atom. The Balaban J connectivity index is 2.23. The van der Waals surface area contributed by atoms with Crippen molar-refractivity contribution in [3.8, 4) is 0 Å². The minimum Gasteiger partial charge on any atom is -0.352 e. The van der Waals surface area contributed by atoms with E-state index in [-0.39, 0.29) is 31.1 Å². The van der Waals surface area contributed by atoms with Crippen LogP contribution in [0.25, 0.3) is 0 Å². The van der Waals surface area contributed by atoms with Crippen molar-refractivity contribution in [3.63, 3.8) is 0 Å². The minimum atomic E-state index is -4.54. The lowest BCUT2D eigenvalue weighted by atomic mass is 9.97. The van der Waals surface area contributed by atoms with Crippen molar-refractivity contribution in [2.45, 2.75) is 44.9 Å². The topological polar surface area (TPSA) is 75.4 Å². The van der Waals surface area contributed by atoms with Crippen LogP contribution in [0.2, 0.25) is 0 Å².